The van der Waals surface area contributed by atoms with Crippen molar-refractivity contribution in [3.8, 4) is 0 Å². The van der Waals surface area contributed by atoms with Gasteiger partial charge in [-0.2, -0.15) is 0 Å². The molecule has 21 heavy (non-hydrogen) atoms. The normalized spacial score (nSPS) is 19.2. The lowest BCUT2D eigenvalue weighted by atomic mass is 10.1. The van der Waals surface area contributed by atoms with Crippen molar-refractivity contribution in [1.82, 2.24) is 14.5 Å². The van der Waals surface area contributed by atoms with Crippen LogP contribution in [0.2, 0.25) is 0 Å². The van der Waals surface area contributed by atoms with E-state index in [1.807, 2.05) is 24.5 Å². The van der Waals surface area contributed by atoms with E-state index < -0.39 is 0 Å². The van der Waals surface area contributed by atoms with Crippen LogP contribution in [0.5, 0.6) is 0 Å². The van der Waals surface area contributed by atoms with Crippen molar-refractivity contribution in [2.45, 2.75) is 32.2 Å². The lowest BCUT2D eigenvalue weighted by Gasteiger charge is -2.16. The zero-order chi connectivity index (χ0) is 15.3. The largest absolute Gasteiger partial charge is 0.345 e. The second-order valence-electron chi connectivity index (χ2n) is 5.86. The average molecular weight is 354 g/mol. The fourth-order valence-electron chi connectivity index (χ4n) is 3.01. The summed E-state index contributed by atoms with van der Waals surface area (Å²) in [4.78, 5) is 18.0. The molecule has 2 aromatic rings. The van der Waals surface area contributed by atoms with Crippen LogP contribution >= 0.6 is 15.9 Å². The summed E-state index contributed by atoms with van der Waals surface area (Å²) < 4.78 is 16.9. The van der Waals surface area contributed by atoms with E-state index in [0.717, 1.165) is 11.3 Å². The Balaban J connectivity index is 2.21. The first kappa shape index (κ1) is 14.5. The summed E-state index contributed by atoms with van der Waals surface area (Å²) in [5, 5.41) is 0. The Morgan fingerprint density at radius 3 is 2.71 bits per heavy atom. The SMILES string of the molecule is CC(C)n1c(C2CC(=O)N(C)C2)nc2c(F)cc(Br)cc21. The second kappa shape index (κ2) is 5.09. The Hall–Kier alpha value is -1.43. The molecular weight excluding hydrogens is 337 g/mol. The molecule has 1 aromatic heterocycles. The van der Waals surface area contributed by atoms with Crippen LogP contribution in [0.3, 0.4) is 0 Å². The number of hydrogen-bond acceptors (Lipinski definition) is 2. The summed E-state index contributed by atoms with van der Waals surface area (Å²) in [5.74, 6) is 0.604. The number of carbonyl (C=O) groups excluding carboxylic acids is 1. The molecule has 1 aromatic carbocycles. The maximum atomic E-state index is 14.2. The van der Waals surface area contributed by atoms with E-state index in [4.69, 9.17) is 0 Å². The number of nitrogens with zero attached hydrogens (tertiary/aromatic N) is 3. The van der Waals surface area contributed by atoms with Gasteiger partial charge in [-0.05, 0) is 26.0 Å². The Morgan fingerprint density at radius 2 is 2.14 bits per heavy atom. The number of likely N-dealkylation sites (tertiary alicyclic amines) is 1. The lowest BCUT2D eigenvalue weighted by Crippen LogP contribution is -2.19. The minimum Gasteiger partial charge on any atom is -0.345 e. The van der Waals surface area contributed by atoms with Gasteiger partial charge in [0, 0.05) is 36.4 Å². The molecule has 4 nitrogen and oxygen atoms in total. The molecular formula is C15H17BrFN3O. The third kappa shape index (κ3) is 2.35. The van der Waals surface area contributed by atoms with Crippen molar-refractivity contribution >= 4 is 32.9 Å². The molecule has 1 unspecified atom stereocenters. The first-order valence-corrected chi connectivity index (χ1v) is 7.78. The second-order valence-corrected chi connectivity index (χ2v) is 6.78. The predicted octanol–water partition coefficient (Wildman–Crippen LogP) is 3.46. The molecule has 1 amide bonds. The number of likely N-dealkylation sites (N-methyl/N-ethyl adjacent to an activating group) is 1. The highest BCUT2D eigenvalue weighted by Gasteiger charge is 2.32. The van der Waals surface area contributed by atoms with Gasteiger partial charge in [-0.3, -0.25) is 4.79 Å². The molecule has 112 valence electrons. The van der Waals surface area contributed by atoms with Crippen LogP contribution in [0, 0.1) is 5.82 Å². The van der Waals surface area contributed by atoms with Crippen molar-refractivity contribution < 1.29 is 9.18 Å². The summed E-state index contributed by atoms with van der Waals surface area (Å²) in [6, 6.07) is 3.46. The van der Waals surface area contributed by atoms with Gasteiger partial charge < -0.3 is 9.47 Å². The molecule has 0 N–H and O–H groups in total. The Labute approximate surface area is 131 Å². The lowest BCUT2D eigenvalue weighted by molar-refractivity contribution is -0.126. The van der Waals surface area contributed by atoms with E-state index in [2.05, 4.69) is 20.9 Å². The summed E-state index contributed by atoms with van der Waals surface area (Å²) in [7, 11) is 1.79. The number of benzene rings is 1. The van der Waals surface area contributed by atoms with Crippen LogP contribution in [0.25, 0.3) is 11.0 Å². The Morgan fingerprint density at radius 1 is 1.43 bits per heavy atom. The molecule has 3 rings (SSSR count). The first-order valence-electron chi connectivity index (χ1n) is 6.99. The van der Waals surface area contributed by atoms with E-state index in [1.54, 1.807) is 11.9 Å². The van der Waals surface area contributed by atoms with Crippen LogP contribution in [0.15, 0.2) is 16.6 Å². The van der Waals surface area contributed by atoms with Crippen LogP contribution < -0.4 is 0 Å². The highest BCUT2D eigenvalue weighted by Crippen LogP contribution is 2.33. The zero-order valence-corrected chi connectivity index (χ0v) is 13.8. The van der Waals surface area contributed by atoms with Gasteiger partial charge >= 0.3 is 0 Å². The summed E-state index contributed by atoms with van der Waals surface area (Å²) >= 11 is 3.33. The maximum Gasteiger partial charge on any atom is 0.223 e. The maximum absolute atomic E-state index is 14.2. The number of imidazole rings is 1. The third-order valence-electron chi connectivity index (χ3n) is 3.96. The smallest absolute Gasteiger partial charge is 0.223 e. The van der Waals surface area contributed by atoms with Gasteiger partial charge in [-0.25, -0.2) is 9.37 Å². The third-order valence-corrected chi connectivity index (χ3v) is 4.42. The highest BCUT2D eigenvalue weighted by atomic mass is 79.9. The summed E-state index contributed by atoms with van der Waals surface area (Å²) in [5.41, 5.74) is 1.15. The molecule has 0 bridgehead atoms. The van der Waals surface area contributed by atoms with Gasteiger partial charge in [0.2, 0.25) is 5.91 Å². The minimum atomic E-state index is -0.335. The van der Waals surface area contributed by atoms with E-state index in [0.29, 0.717) is 23.0 Å². The van der Waals surface area contributed by atoms with Crippen molar-refractivity contribution in [2.75, 3.05) is 13.6 Å². The summed E-state index contributed by atoms with van der Waals surface area (Å²) in [6.45, 7) is 4.73. The number of carbonyl (C=O) groups is 1. The van der Waals surface area contributed by atoms with Gasteiger partial charge in [0.15, 0.2) is 5.82 Å². The first-order chi connectivity index (χ1) is 9.88. The van der Waals surface area contributed by atoms with E-state index in [9.17, 15) is 9.18 Å². The average Bonchev–Trinajstić information content (AvgIpc) is 2.91. The van der Waals surface area contributed by atoms with Gasteiger partial charge in [0.25, 0.3) is 0 Å². The molecule has 2 heterocycles. The van der Waals surface area contributed by atoms with Crippen LogP contribution in [-0.2, 0) is 4.79 Å². The molecule has 0 radical (unpaired) electrons. The Kier molecular flexibility index (Phi) is 3.51. The number of halogens is 2. The fourth-order valence-corrected chi connectivity index (χ4v) is 3.42. The monoisotopic (exact) mass is 353 g/mol. The van der Waals surface area contributed by atoms with Gasteiger partial charge in [0.05, 0.1) is 5.52 Å². The van der Waals surface area contributed by atoms with Crippen LogP contribution in [-0.4, -0.2) is 34.0 Å². The molecule has 0 aliphatic carbocycles. The van der Waals surface area contributed by atoms with Gasteiger partial charge in [-0.1, -0.05) is 15.9 Å². The number of amides is 1. The fraction of sp³-hybridized carbons (Fsp3) is 0.467. The van der Waals surface area contributed by atoms with Gasteiger partial charge in [-0.15, -0.1) is 0 Å². The van der Waals surface area contributed by atoms with Gasteiger partial charge in [0.1, 0.15) is 11.3 Å². The van der Waals surface area contributed by atoms with Crippen molar-refractivity contribution in [2.24, 2.45) is 0 Å². The number of rotatable bonds is 2. The van der Waals surface area contributed by atoms with E-state index in [1.165, 1.54) is 6.07 Å². The Bertz CT molecular complexity index is 725. The molecule has 1 aliphatic heterocycles. The molecule has 1 saturated heterocycles. The van der Waals surface area contributed by atoms with E-state index >= 15 is 0 Å². The highest BCUT2D eigenvalue weighted by molar-refractivity contribution is 9.10. The number of fused-ring (bicyclic) bond motifs is 1. The van der Waals surface area contributed by atoms with Crippen LogP contribution in [0.4, 0.5) is 4.39 Å². The molecule has 6 heteroatoms. The molecule has 1 atom stereocenters. The molecule has 0 saturated carbocycles. The van der Waals surface area contributed by atoms with Crippen molar-refractivity contribution in [3.63, 3.8) is 0 Å². The number of hydrogen-bond donors (Lipinski definition) is 0. The minimum absolute atomic E-state index is 0.0236. The number of aromatic nitrogens is 2. The topological polar surface area (TPSA) is 38.1 Å². The van der Waals surface area contributed by atoms with Crippen molar-refractivity contribution in [1.29, 1.82) is 0 Å². The standard InChI is InChI=1S/C15H17BrFN3O/c1-8(2)20-12-6-10(16)5-11(17)14(12)18-15(20)9-4-13(21)19(3)7-9/h5-6,8-9H,4,7H2,1-3H3. The quantitative estimate of drug-likeness (QED) is 0.828. The molecule has 1 fully saturated rings. The molecule has 1 aliphatic rings. The molecule has 0 spiro atoms. The zero-order valence-electron chi connectivity index (χ0n) is 12.2. The predicted molar refractivity (Wildman–Crippen MR) is 82.8 cm³/mol. The van der Waals surface area contributed by atoms with Crippen LogP contribution in [0.1, 0.15) is 38.1 Å². The van der Waals surface area contributed by atoms with Crippen molar-refractivity contribution in [3.05, 3.63) is 28.2 Å². The summed E-state index contributed by atoms with van der Waals surface area (Å²) in [6.07, 6.45) is 0.440. The van der Waals surface area contributed by atoms with E-state index in [-0.39, 0.29) is 23.7 Å².